The summed E-state index contributed by atoms with van der Waals surface area (Å²) < 4.78 is 5.68. The molecular formula is C24H25N3O5. The van der Waals surface area contributed by atoms with Gasteiger partial charge in [0.1, 0.15) is 0 Å². The number of ether oxygens (including phenoxy) is 1. The topological polar surface area (TPSA) is 96.0 Å². The van der Waals surface area contributed by atoms with Crippen molar-refractivity contribution in [3.63, 3.8) is 0 Å². The number of benzene rings is 2. The zero-order valence-electron chi connectivity index (χ0n) is 18.3. The van der Waals surface area contributed by atoms with Crippen molar-refractivity contribution in [2.45, 2.75) is 32.6 Å². The van der Waals surface area contributed by atoms with Crippen LogP contribution < -0.4 is 5.32 Å². The number of hydrogen-bond acceptors (Lipinski definition) is 5. The number of fused-ring (bicyclic) bond motifs is 1. The van der Waals surface area contributed by atoms with Crippen molar-refractivity contribution in [2.24, 2.45) is 0 Å². The molecule has 2 aliphatic heterocycles. The molecule has 2 heterocycles. The van der Waals surface area contributed by atoms with Crippen molar-refractivity contribution < 1.29 is 23.9 Å². The summed E-state index contributed by atoms with van der Waals surface area (Å²) in [5, 5.41) is 2.81. The van der Waals surface area contributed by atoms with E-state index in [0.717, 1.165) is 10.5 Å². The molecule has 1 fully saturated rings. The standard InChI is InChI=1S/C24H25N3O5/c1-14-12-27(13-15(2)32-14)22(29)17-6-4-16(5-7-17)11-25-21(28)18-8-9-19-20(10-18)24(31)26(3)23(19)30/h4-10,14-15H,11-13H2,1-3H3,(H,25,28). The van der Waals surface area contributed by atoms with Crippen LogP contribution in [0.2, 0.25) is 0 Å². The molecule has 0 spiro atoms. The summed E-state index contributed by atoms with van der Waals surface area (Å²) in [5.41, 5.74) is 2.28. The normalized spacial score (nSPS) is 20.3. The van der Waals surface area contributed by atoms with Gasteiger partial charge in [-0.3, -0.25) is 24.1 Å². The third-order valence-electron chi connectivity index (χ3n) is 5.71. The van der Waals surface area contributed by atoms with Gasteiger partial charge in [-0.1, -0.05) is 12.1 Å². The van der Waals surface area contributed by atoms with Gasteiger partial charge in [-0.2, -0.15) is 0 Å². The molecule has 2 atom stereocenters. The highest BCUT2D eigenvalue weighted by Crippen LogP contribution is 2.23. The lowest BCUT2D eigenvalue weighted by atomic mass is 10.0. The first kappa shape index (κ1) is 21.7. The molecule has 4 rings (SSSR count). The van der Waals surface area contributed by atoms with Crippen LogP contribution in [-0.4, -0.2) is 65.8 Å². The SMILES string of the molecule is CC1CN(C(=O)c2ccc(CNC(=O)c3ccc4c(c3)C(=O)N(C)C4=O)cc2)CC(C)O1. The van der Waals surface area contributed by atoms with Crippen LogP contribution in [0.5, 0.6) is 0 Å². The first-order valence-corrected chi connectivity index (χ1v) is 10.5. The van der Waals surface area contributed by atoms with E-state index >= 15 is 0 Å². The Morgan fingerprint density at radius 1 is 0.938 bits per heavy atom. The van der Waals surface area contributed by atoms with Gasteiger partial charge in [-0.15, -0.1) is 0 Å². The second-order valence-corrected chi connectivity index (χ2v) is 8.28. The lowest BCUT2D eigenvalue weighted by molar-refractivity contribution is -0.0586. The van der Waals surface area contributed by atoms with Crippen molar-refractivity contribution >= 4 is 23.6 Å². The van der Waals surface area contributed by atoms with E-state index in [1.165, 1.54) is 25.2 Å². The molecule has 0 aliphatic carbocycles. The van der Waals surface area contributed by atoms with Crippen LogP contribution in [0.25, 0.3) is 0 Å². The number of nitrogens with one attached hydrogen (secondary N) is 1. The zero-order chi connectivity index (χ0) is 23.0. The summed E-state index contributed by atoms with van der Waals surface area (Å²) in [4.78, 5) is 52.2. The molecule has 166 valence electrons. The van der Waals surface area contributed by atoms with Gasteiger partial charge < -0.3 is 15.0 Å². The summed E-state index contributed by atoms with van der Waals surface area (Å²) in [6.07, 6.45) is 0.00966. The number of carbonyl (C=O) groups excluding carboxylic acids is 4. The molecule has 0 bridgehead atoms. The Morgan fingerprint density at radius 3 is 2.19 bits per heavy atom. The average molecular weight is 435 g/mol. The molecule has 32 heavy (non-hydrogen) atoms. The molecule has 8 nitrogen and oxygen atoms in total. The quantitative estimate of drug-likeness (QED) is 0.742. The van der Waals surface area contributed by atoms with Gasteiger partial charge in [-0.05, 0) is 49.7 Å². The Labute approximate surface area is 186 Å². The number of amides is 4. The number of rotatable bonds is 4. The maximum Gasteiger partial charge on any atom is 0.261 e. The second-order valence-electron chi connectivity index (χ2n) is 8.28. The van der Waals surface area contributed by atoms with Crippen LogP contribution in [-0.2, 0) is 11.3 Å². The first-order valence-electron chi connectivity index (χ1n) is 10.5. The molecule has 2 aliphatic rings. The van der Waals surface area contributed by atoms with Crippen LogP contribution in [0.4, 0.5) is 0 Å². The van der Waals surface area contributed by atoms with Gasteiger partial charge in [0, 0.05) is 37.8 Å². The maximum atomic E-state index is 12.8. The highest BCUT2D eigenvalue weighted by atomic mass is 16.5. The Kier molecular flexibility index (Phi) is 5.80. The third-order valence-corrected chi connectivity index (χ3v) is 5.71. The third kappa shape index (κ3) is 4.13. The van der Waals surface area contributed by atoms with Gasteiger partial charge >= 0.3 is 0 Å². The lowest BCUT2D eigenvalue weighted by Crippen LogP contribution is -2.48. The zero-order valence-corrected chi connectivity index (χ0v) is 18.3. The summed E-state index contributed by atoms with van der Waals surface area (Å²) in [7, 11) is 1.42. The van der Waals surface area contributed by atoms with Gasteiger partial charge in [0.25, 0.3) is 23.6 Å². The number of imide groups is 1. The summed E-state index contributed by atoms with van der Waals surface area (Å²) in [6.45, 7) is 5.30. The van der Waals surface area contributed by atoms with Crippen LogP contribution in [0, 0.1) is 0 Å². The van der Waals surface area contributed by atoms with Crippen LogP contribution in [0.1, 0.15) is 60.8 Å². The molecule has 0 radical (unpaired) electrons. The minimum absolute atomic E-state index is 0.00483. The Hall–Kier alpha value is -3.52. The van der Waals surface area contributed by atoms with E-state index < -0.39 is 5.91 Å². The number of hydrogen-bond donors (Lipinski definition) is 1. The molecule has 1 saturated heterocycles. The Bertz CT molecular complexity index is 1090. The maximum absolute atomic E-state index is 12.8. The van der Waals surface area contributed by atoms with Crippen LogP contribution in [0.15, 0.2) is 42.5 Å². The van der Waals surface area contributed by atoms with E-state index in [1.807, 2.05) is 13.8 Å². The Morgan fingerprint density at radius 2 is 1.53 bits per heavy atom. The second kappa shape index (κ2) is 8.55. The Balaban J connectivity index is 1.38. The van der Waals surface area contributed by atoms with E-state index in [-0.39, 0.29) is 42.0 Å². The minimum Gasteiger partial charge on any atom is -0.372 e. The minimum atomic E-state index is -0.413. The largest absolute Gasteiger partial charge is 0.372 e. The fourth-order valence-corrected chi connectivity index (χ4v) is 4.08. The van der Waals surface area contributed by atoms with E-state index in [2.05, 4.69) is 5.32 Å². The van der Waals surface area contributed by atoms with E-state index in [9.17, 15) is 19.2 Å². The fraction of sp³-hybridized carbons (Fsp3) is 0.333. The molecule has 4 amide bonds. The number of carbonyl (C=O) groups is 4. The molecule has 1 N–H and O–H groups in total. The molecule has 0 aromatic heterocycles. The van der Waals surface area contributed by atoms with Crippen molar-refractivity contribution in [3.8, 4) is 0 Å². The van der Waals surface area contributed by atoms with Crippen LogP contribution in [0.3, 0.4) is 0 Å². The monoisotopic (exact) mass is 435 g/mol. The fourth-order valence-electron chi connectivity index (χ4n) is 4.08. The van der Waals surface area contributed by atoms with Gasteiger partial charge in [0.15, 0.2) is 0 Å². The number of nitrogens with zero attached hydrogens (tertiary/aromatic N) is 2. The van der Waals surface area contributed by atoms with E-state index in [0.29, 0.717) is 29.8 Å². The van der Waals surface area contributed by atoms with Crippen molar-refractivity contribution in [1.29, 1.82) is 0 Å². The predicted molar refractivity (Wildman–Crippen MR) is 116 cm³/mol. The van der Waals surface area contributed by atoms with Gasteiger partial charge in [0.2, 0.25) is 0 Å². The van der Waals surface area contributed by atoms with Crippen molar-refractivity contribution in [3.05, 3.63) is 70.3 Å². The lowest BCUT2D eigenvalue weighted by Gasteiger charge is -2.35. The first-order chi connectivity index (χ1) is 15.2. The smallest absolute Gasteiger partial charge is 0.261 e. The van der Waals surface area contributed by atoms with Gasteiger partial charge in [-0.25, -0.2) is 0 Å². The van der Waals surface area contributed by atoms with Crippen molar-refractivity contribution in [2.75, 3.05) is 20.1 Å². The van der Waals surface area contributed by atoms with E-state index in [4.69, 9.17) is 4.74 Å². The molecule has 8 heteroatoms. The average Bonchev–Trinajstić information content (AvgIpc) is 3.00. The number of morpholine rings is 1. The molecule has 2 aromatic rings. The highest BCUT2D eigenvalue weighted by molar-refractivity contribution is 6.21. The molecule has 2 aromatic carbocycles. The summed E-state index contributed by atoms with van der Waals surface area (Å²) >= 11 is 0. The molecule has 0 saturated carbocycles. The van der Waals surface area contributed by atoms with E-state index in [1.54, 1.807) is 29.2 Å². The summed E-state index contributed by atoms with van der Waals surface area (Å²) in [6, 6.07) is 11.6. The van der Waals surface area contributed by atoms with Crippen molar-refractivity contribution in [1.82, 2.24) is 15.1 Å². The highest BCUT2D eigenvalue weighted by Gasteiger charge is 2.33. The molecular weight excluding hydrogens is 410 g/mol. The van der Waals surface area contributed by atoms with Gasteiger partial charge in [0.05, 0.1) is 23.3 Å². The molecule has 2 unspecified atom stereocenters. The van der Waals surface area contributed by atoms with Crippen LogP contribution >= 0.6 is 0 Å². The predicted octanol–water partition coefficient (Wildman–Crippen LogP) is 2.09. The summed E-state index contributed by atoms with van der Waals surface area (Å²) in [5.74, 6) is -1.17.